The Morgan fingerprint density at radius 2 is 2.17 bits per heavy atom. The van der Waals surface area contributed by atoms with Crippen LogP contribution < -0.4 is 14.8 Å². The van der Waals surface area contributed by atoms with Crippen LogP contribution in [0.15, 0.2) is 29.5 Å². The van der Waals surface area contributed by atoms with Crippen LogP contribution in [-0.2, 0) is 9.53 Å². The minimum atomic E-state index is -0.670. The smallest absolute Gasteiger partial charge is 0.338 e. The summed E-state index contributed by atoms with van der Waals surface area (Å²) in [6.07, 6.45) is 0. The average Bonchev–Trinajstić information content (AvgIpc) is 3.04. The summed E-state index contributed by atoms with van der Waals surface area (Å²) in [5, 5.41) is 2.80. The van der Waals surface area contributed by atoms with Crippen LogP contribution in [0.3, 0.4) is 0 Å². The highest BCUT2D eigenvalue weighted by Crippen LogP contribution is 2.38. The number of esters is 1. The van der Waals surface area contributed by atoms with E-state index >= 15 is 0 Å². The lowest BCUT2D eigenvalue weighted by atomic mass is 9.94. The second kappa shape index (κ2) is 6.60. The van der Waals surface area contributed by atoms with E-state index < -0.39 is 12.0 Å². The molecule has 1 atom stereocenters. The predicted octanol–water partition coefficient (Wildman–Crippen LogP) is 2.17. The number of alkyl halides is 1. The number of fused-ring (bicyclic) bond motifs is 1. The highest BCUT2D eigenvalue weighted by atomic mass is 35.5. The molecule has 2 aliphatic rings. The molecule has 2 aliphatic heterocycles. The lowest BCUT2D eigenvalue weighted by Crippen LogP contribution is -2.47. The molecule has 0 bridgehead atoms. The molecule has 3 rings (SSSR count). The zero-order valence-corrected chi connectivity index (χ0v) is 14.1. The van der Waals surface area contributed by atoms with Crippen molar-refractivity contribution in [3.8, 4) is 11.5 Å². The van der Waals surface area contributed by atoms with E-state index in [0.29, 0.717) is 28.3 Å². The Balaban J connectivity index is 2.07. The highest BCUT2D eigenvalue weighted by Gasteiger charge is 2.36. The number of carbonyl (C=O) groups is 2. The van der Waals surface area contributed by atoms with Crippen molar-refractivity contribution in [1.29, 1.82) is 0 Å². The first-order valence-corrected chi connectivity index (χ1v) is 8.00. The van der Waals surface area contributed by atoms with Gasteiger partial charge in [-0.15, -0.1) is 11.6 Å². The minimum absolute atomic E-state index is 0.0130. The Morgan fingerprint density at radius 1 is 1.42 bits per heavy atom. The lowest BCUT2D eigenvalue weighted by Gasteiger charge is -2.33. The molecule has 0 saturated carbocycles. The van der Waals surface area contributed by atoms with Gasteiger partial charge < -0.3 is 19.5 Å². The van der Waals surface area contributed by atoms with Crippen molar-refractivity contribution in [3.05, 3.63) is 35.0 Å². The van der Waals surface area contributed by atoms with Crippen LogP contribution in [0.2, 0.25) is 0 Å². The number of ether oxygens (including phenoxy) is 3. The fourth-order valence-electron chi connectivity index (χ4n) is 2.71. The van der Waals surface area contributed by atoms with Crippen molar-refractivity contribution in [2.24, 2.45) is 0 Å². The van der Waals surface area contributed by atoms with E-state index in [-0.39, 0.29) is 25.3 Å². The summed E-state index contributed by atoms with van der Waals surface area (Å²) < 4.78 is 15.8. The van der Waals surface area contributed by atoms with E-state index in [2.05, 4.69) is 5.32 Å². The van der Waals surface area contributed by atoms with Gasteiger partial charge in [-0.3, -0.25) is 4.90 Å². The number of allylic oxidation sites excluding steroid dienone is 1. The van der Waals surface area contributed by atoms with Crippen LogP contribution in [0, 0.1) is 0 Å². The summed E-state index contributed by atoms with van der Waals surface area (Å²) >= 11 is 5.99. The first-order chi connectivity index (χ1) is 11.6. The van der Waals surface area contributed by atoms with E-state index in [1.807, 2.05) is 0 Å². The van der Waals surface area contributed by atoms with Crippen LogP contribution in [-0.4, -0.2) is 43.2 Å². The van der Waals surface area contributed by atoms with Gasteiger partial charge >= 0.3 is 12.0 Å². The summed E-state index contributed by atoms with van der Waals surface area (Å²) in [6, 6.07) is 4.24. The molecular formula is C16H17ClN2O5. The lowest BCUT2D eigenvalue weighted by molar-refractivity contribution is -0.139. The van der Waals surface area contributed by atoms with E-state index in [4.69, 9.17) is 25.8 Å². The zero-order chi connectivity index (χ0) is 17.3. The highest BCUT2D eigenvalue weighted by molar-refractivity contribution is 6.20. The number of urea groups is 1. The second-order valence-corrected chi connectivity index (χ2v) is 5.54. The molecule has 128 valence electrons. The fraction of sp³-hybridized carbons (Fsp3) is 0.375. The summed E-state index contributed by atoms with van der Waals surface area (Å²) in [6.45, 7) is 2.09. The van der Waals surface area contributed by atoms with Gasteiger partial charge in [0.25, 0.3) is 0 Å². The van der Waals surface area contributed by atoms with Gasteiger partial charge in [-0.1, -0.05) is 6.07 Å². The molecule has 1 aromatic carbocycles. The topological polar surface area (TPSA) is 77.1 Å². The van der Waals surface area contributed by atoms with E-state index in [1.165, 1.54) is 4.90 Å². The molecule has 24 heavy (non-hydrogen) atoms. The minimum Gasteiger partial charge on any atom is -0.463 e. The van der Waals surface area contributed by atoms with Gasteiger partial charge in [0, 0.05) is 12.7 Å². The number of nitrogens with one attached hydrogen (secondary N) is 1. The number of nitrogens with zero attached hydrogens (tertiary/aromatic N) is 1. The first kappa shape index (κ1) is 16.4. The molecule has 0 radical (unpaired) electrons. The third-order valence-electron chi connectivity index (χ3n) is 3.93. The predicted molar refractivity (Wildman–Crippen MR) is 86.0 cm³/mol. The molecule has 8 heteroatoms. The molecule has 7 nitrogen and oxygen atoms in total. The molecule has 0 fully saturated rings. The van der Waals surface area contributed by atoms with Gasteiger partial charge in [0.2, 0.25) is 6.79 Å². The van der Waals surface area contributed by atoms with Crippen molar-refractivity contribution in [3.63, 3.8) is 0 Å². The third-order valence-corrected chi connectivity index (χ3v) is 4.18. The standard InChI is InChI=1S/C16H17ClN2O5/c1-3-22-15(20)13-10(7-17)19(2)16(21)18-14(13)9-4-5-11-12(6-9)24-8-23-11/h4-6,14H,3,7-8H2,1-2H3,(H,18,21). The van der Waals surface area contributed by atoms with Gasteiger partial charge in [0.1, 0.15) is 0 Å². The summed E-state index contributed by atoms with van der Waals surface area (Å²) in [5.41, 5.74) is 1.42. The van der Waals surface area contributed by atoms with E-state index in [9.17, 15) is 9.59 Å². The van der Waals surface area contributed by atoms with Crippen LogP contribution in [0.25, 0.3) is 0 Å². The fourth-order valence-corrected chi connectivity index (χ4v) is 3.03. The van der Waals surface area contributed by atoms with Gasteiger partial charge in [0.05, 0.1) is 24.1 Å². The van der Waals surface area contributed by atoms with Crippen LogP contribution in [0.1, 0.15) is 18.5 Å². The van der Waals surface area contributed by atoms with Crippen LogP contribution in [0.5, 0.6) is 11.5 Å². The van der Waals surface area contributed by atoms with Crippen molar-refractivity contribution in [2.45, 2.75) is 13.0 Å². The van der Waals surface area contributed by atoms with Crippen molar-refractivity contribution < 1.29 is 23.8 Å². The Labute approximate surface area is 144 Å². The maximum Gasteiger partial charge on any atom is 0.338 e. The second-order valence-electron chi connectivity index (χ2n) is 5.27. The number of amides is 2. The molecule has 1 aromatic rings. The van der Waals surface area contributed by atoms with Crippen molar-refractivity contribution >= 4 is 23.6 Å². The summed E-state index contributed by atoms with van der Waals surface area (Å²) in [5.74, 6) is 0.690. The Morgan fingerprint density at radius 3 is 2.88 bits per heavy atom. The largest absolute Gasteiger partial charge is 0.463 e. The monoisotopic (exact) mass is 352 g/mol. The number of halogens is 1. The van der Waals surface area contributed by atoms with Gasteiger partial charge in [-0.05, 0) is 24.6 Å². The van der Waals surface area contributed by atoms with Crippen LogP contribution >= 0.6 is 11.6 Å². The summed E-state index contributed by atoms with van der Waals surface area (Å²) in [4.78, 5) is 26.0. The van der Waals surface area contributed by atoms with E-state index in [0.717, 1.165) is 0 Å². The van der Waals surface area contributed by atoms with Gasteiger partial charge in [-0.25, -0.2) is 9.59 Å². The Hall–Kier alpha value is -2.41. The molecule has 0 spiro atoms. The summed E-state index contributed by atoms with van der Waals surface area (Å²) in [7, 11) is 1.56. The van der Waals surface area contributed by atoms with Crippen LogP contribution in [0.4, 0.5) is 4.79 Å². The van der Waals surface area contributed by atoms with Crippen molar-refractivity contribution in [1.82, 2.24) is 10.2 Å². The molecule has 1 N–H and O–H groups in total. The number of hydrogen-bond acceptors (Lipinski definition) is 5. The first-order valence-electron chi connectivity index (χ1n) is 7.46. The van der Waals surface area contributed by atoms with Gasteiger partial charge in [-0.2, -0.15) is 0 Å². The van der Waals surface area contributed by atoms with Gasteiger partial charge in [0.15, 0.2) is 11.5 Å². The SMILES string of the molecule is CCOC(=O)C1=C(CCl)N(C)C(=O)NC1c1ccc2c(c1)OCO2. The molecule has 0 saturated heterocycles. The molecule has 2 heterocycles. The normalized spacial score (nSPS) is 19.4. The number of hydrogen-bond donors (Lipinski definition) is 1. The van der Waals surface area contributed by atoms with E-state index in [1.54, 1.807) is 32.2 Å². The average molecular weight is 353 g/mol. The number of carbonyl (C=O) groups excluding carboxylic acids is 2. The van der Waals surface area contributed by atoms with Crippen molar-refractivity contribution in [2.75, 3.05) is 26.3 Å². The zero-order valence-electron chi connectivity index (χ0n) is 13.3. The number of benzene rings is 1. The molecule has 0 aliphatic carbocycles. The number of rotatable bonds is 4. The molecule has 2 amide bonds. The third kappa shape index (κ3) is 2.75. The Bertz CT molecular complexity index is 718. The Kier molecular flexibility index (Phi) is 4.53. The maximum atomic E-state index is 12.5. The molecule has 0 aromatic heterocycles. The maximum absolute atomic E-state index is 12.5. The quantitative estimate of drug-likeness (QED) is 0.663. The molecule has 1 unspecified atom stereocenters. The molecular weight excluding hydrogens is 336 g/mol.